The van der Waals surface area contributed by atoms with Gasteiger partial charge in [0.15, 0.2) is 0 Å². The lowest BCUT2D eigenvalue weighted by Crippen LogP contribution is -1.92. The second kappa shape index (κ2) is 4.45. The zero-order valence-electron chi connectivity index (χ0n) is 10.00. The smallest absolute Gasteiger partial charge is 0.322 e. The van der Waals surface area contributed by atoms with Crippen molar-refractivity contribution in [1.82, 2.24) is 9.97 Å². The molecule has 0 aliphatic rings. The number of nitrogens with zero attached hydrogens (tertiary/aromatic N) is 2. The highest BCUT2D eigenvalue weighted by Crippen LogP contribution is 2.20. The summed E-state index contributed by atoms with van der Waals surface area (Å²) in [6, 6.07) is 16.0. The highest BCUT2D eigenvalue weighted by Gasteiger charge is 2.02. The molecule has 3 rings (SSSR count). The van der Waals surface area contributed by atoms with Gasteiger partial charge in [0.2, 0.25) is 0 Å². The van der Waals surface area contributed by atoms with Gasteiger partial charge in [-0.2, -0.15) is 4.98 Å². The Kier molecular flexibility index (Phi) is 2.65. The van der Waals surface area contributed by atoms with Crippen LogP contribution in [0.5, 0.6) is 11.8 Å². The Morgan fingerprint density at radius 3 is 2.78 bits per heavy atom. The van der Waals surface area contributed by atoms with Crippen molar-refractivity contribution in [3.8, 4) is 11.8 Å². The van der Waals surface area contributed by atoms with Gasteiger partial charge in [-0.15, -0.1) is 0 Å². The van der Waals surface area contributed by atoms with E-state index in [0.717, 1.165) is 22.2 Å². The SMILES string of the molecule is Cc1cccc(Oc2ncc3ccccc3n2)c1. The van der Waals surface area contributed by atoms with Gasteiger partial charge >= 0.3 is 6.01 Å². The van der Waals surface area contributed by atoms with Crippen LogP contribution >= 0.6 is 0 Å². The van der Waals surface area contributed by atoms with Crippen LogP contribution in [-0.4, -0.2) is 9.97 Å². The van der Waals surface area contributed by atoms with Crippen LogP contribution in [0.25, 0.3) is 10.9 Å². The predicted octanol–water partition coefficient (Wildman–Crippen LogP) is 3.73. The average Bonchev–Trinajstić information content (AvgIpc) is 2.39. The molecule has 0 aliphatic carbocycles. The van der Waals surface area contributed by atoms with Crippen molar-refractivity contribution in [3.05, 3.63) is 60.3 Å². The summed E-state index contributed by atoms with van der Waals surface area (Å²) in [5.41, 5.74) is 2.03. The van der Waals surface area contributed by atoms with Gasteiger partial charge in [-0.05, 0) is 30.7 Å². The highest BCUT2D eigenvalue weighted by molar-refractivity contribution is 5.77. The molecule has 0 bridgehead atoms. The summed E-state index contributed by atoms with van der Waals surface area (Å²) < 4.78 is 5.65. The van der Waals surface area contributed by atoms with Crippen molar-refractivity contribution < 1.29 is 4.74 Å². The minimum atomic E-state index is 0.374. The van der Waals surface area contributed by atoms with E-state index in [-0.39, 0.29) is 0 Å². The fourth-order valence-electron chi connectivity index (χ4n) is 1.79. The first kappa shape index (κ1) is 10.7. The van der Waals surface area contributed by atoms with E-state index < -0.39 is 0 Å². The van der Waals surface area contributed by atoms with Crippen LogP contribution in [0.3, 0.4) is 0 Å². The summed E-state index contributed by atoms with van der Waals surface area (Å²) in [5, 5.41) is 1.01. The molecule has 0 atom stereocenters. The van der Waals surface area contributed by atoms with E-state index in [1.54, 1.807) is 6.20 Å². The molecule has 0 spiro atoms. The fourth-order valence-corrected chi connectivity index (χ4v) is 1.79. The first-order valence-corrected chi connectivity index (χ1v) is 5.77. The van der Waals surface area contributed by atoms with E-state index in [2.05, 4.69) is 9.97 Å². The van der Waals surface area contributed by atoms with Gasteiger partial charge in [-0.25, -0.2) is 4.98 Å². The highest BCUT2D eigenvalue weighted by atomic mass is 16.5. The summed E-state index contributed by atoms with van der Waals surface area (Å²) in [5.74, 6) is 0.755. The molecule has 0 unspecified atom stereocenters. The molecule has 88 valence electrons. The van der Waals surface area contributed by atoms with Gasteiger partial charge in [-0.1, -0.05) is 30.3 Å². The third-order valence-corrected chi connectivity index (χ3v) is 2.67. The van der Waals surface area contributed by atoms with Gasteiger partial charge in [-0.3, -0.25) is 0 Å². The molecule has 1 aromatic heterocycles. The number of ether oxygens (including phenoxy) is 1. The Labute approximate surface area is 105 Å². The number of aromatic nitrogens is 2. The second-order valence-corrected chi connectivity index (χ2v) is 4.13. The Morgan fingerprint density at radius 1 is 1.00 bits per heavy atom. The average molecular weight is 236 g/mol. The van der Waals surface area contributed by atoms with E-state index >= 15 is 0 Å². The van der Waals surface area contributed by atoms with Crippen LogP contribution in [0.15, 0.2) is 54.7 Å². The van der Waals surface area contributed by atoms with Gasteiger partial charge in [0.05, 0.1) is 5.52 Å². The van der Waals surface area contributed by atoms with E-state index in [9.17, 15) is 0 Å². The molecule has 0 N–H and O–H groups in total. The Morgan fingerprint density at radius 2 is 1.89 bits per heavy atom. The summed E-state index contributed by atoms with van der Waals surface area (Å²) in [6.07, 6.45) is 1.77. The minimum absolute atomic E-state index is 0.374. The molecule has 0 amide bonds. The van der Waals surface area contributed by atoms with Gasteiger partial charge in [0.25, 0.3) is 0 Å². The molecule has 0 aliphatic heterocycles. The zero-order chi connectivity index (χ0) is 12.4. The van der Waals surface area contributed by atoms with Crippen LogP contribution in [0.2, 0.25) is 0 Å². The lowest BCUT2D eigenvalue weighted by molar-refractivity contribution is 0.444. The third kappa shape index (κ3) is 2.15. The number of fused-ring (bicyclic) bond motifs is 1. The fraction of sp³-hybridized carbons (Fsp3) is 0.0667. The normalized spacial score (nSPS) is 10.5. The van der Waals surface area contributed by atoms with Gasteiger partial charge < -0.3 is 4.74 Å². The van der Waals surface area contributed by atoms with Crippen molar-refractivity contribution in [2.75, 3.05) is 0 Å². The molecule has 2 aromatic carbocycles. The molecule has 3 nitrogen and oxygen atoms in total. The van der Waals surface area contributed by atoms with E-state index in [1.165, 1.54) is 0 Å². The summed E-state index contributed by atoms with van der Waals surface area (Å²) in [6.45, 7) is 2.02. The van der Waals surface area contributed by atoms with E-state index in [4.69, 9.17) is 4.74 Å². The lowest BCUT2D eigenvalue weighted by atomic mass is 10.2. The summed E-state index contributed by atoms with van der Waals surface area (Å²) in [7, 11) is 0. The number of aryl methyl sites for hydroxylation is 1. The molecule has 3 aromatic rings. The largest absolute Gasteiger partial charge is 0.424 e. The number of hydrogen-bond donors (Lipinski definition) is 0. The molecular formula is C15H12N2O. The van der Waals surface area contributed by atoms with Crippen LogP contribution in [0.1, 0.15) is 5.56 Å². The van der Waals surface area contributed by atoms with Gasteiger partial charge in [0.1, 0.15) is 5.75 Å². The van der Waals surface area contributed by atoms with Crippen LogP contribution < -0.4 is 4.74 Å². The number of benzene rings is 2. The summed E-state index contributed by atoms with van der Waals surface area (Å²) in [4.78, 5) is 8.57. The number of rotatable bonds is 2. The summed E-state index contributed by atoms with van der Waals surface area (Å²) >= 11 is 0. The number of hydrogen-bond acceptors (Lipinski definition) is 3. The minimum Gasteiger partial charge on any atom is -0.424 e. The first-order chi connectivity index (χ1) is 8.81. The molecule has 0 saturated carbocycles. The predicted molar refractivity (Wildman–Crippen MR) is 70.8 cm³/mol. The van der Waals surface area contributed by atoms with Gasteiger partial charge in [0, 0.05) is 11.6 Å². The Balaban J connectivity index is 1.95. The topological polar surface area (TPSA) is 35.0 Å². The van der Waals surface area contributed by atoms with E-state index in [0.29, 0.717) is 6.01 Å². The molecule has 3 heteroatoms. The van der Waals surface area contributed by atoms with Crippen LogP contribution in [0.4, 0.5) is 0 Å². The molecule has 1 heterocycles. The van der Waals surface area contributed by atoms with Crippen molar-refractivity contribution in [2.24, 2.45) is 0 Å². The lowest BCUT2D eigenvalue weighted by Gasteiger charge is -2.05. The maximum Gasteiger partial charge on any atom is 0.322 e. The first-order valence-electron chi connectivity index (χ1n) is 5.77. The van der Waals surface area contributed by atoms with Crippen LogP contribution in [0, 0.1) is 6.92 Å². The quantitative estimate of drug-likeness (QED) is 0.680. The van der Waals surface area contributed by atoms with Crippen molar-refractivity contribution in [1.29, 1.82) is 0 Å². The molecule has 18 heavy (non-hydrogen) atoms. The van der Waals surface area contributed by atoms with Crippen LogP contribution in [-0.2, 0) is 0 Å². The van der Waals surface area contributed by atoms with Crippen molar-refractivity contribution in [3.63, 3.8) is 0 Å². The van der Waals surface area contributed by atoms with Crippen molar-refractivity contribution >= 4 is 10.9 Å². The Bertz CT molecular complexity index is 695. The third-order valence-electron chi connectivity index (χ3n) is 2.67. The van der Waals surface area contributed by atoms with E-state index in [1.807, 2.05) is 55.5 Å². The molecule has 0 fully saturated rings. The standard InChI is InChI=1S/C15H12N2O/c1-11-5-4-7-13(9-11)18-15-16-10-12-6-2-3-8-14(12)17-15/h2-10H,1H3. The molecular weight excluding hydrogens is 224 g/mol. The monoisotopic (exact) mass is 236 g/mol. The molecule has 0 saturated heterocycles. The van der Waals surface area contributed by atoms with Crippen molar-refractivity contribution in [2.45, 2.75) is 6.92 Å². The maximum absolute atomic E-state index is 5.65. The molecule has 0 radical (unpaired) electrons. The zero-order valence-corrected chi connectivity index (χ0v) is 10.00. The Hall–Kier alpha value is -2.42. The maximum atomic E-state index is 5.65. The number of para-hydroxylation sites is 1. The second-order valence-electron chi connectivity index (χ2n) is 4.13.